The van der Waals surface area contributed by atoms with Crippen molar-refractivity contribution < 1.29 is 5.11 Å². The second-order valence-electron chi connectivity index (χ2n) is 4.55. The molecular weight excluding hydrogens is 238 g/mol. The first kappa shape index (κ1) is 13.2. The molecule has 19 heavy (non-hydrogen) atoms. The van der Waals surface area contributed by atoms with Crippen LogP contribution in [0.3, 0.4) is 0 Å². The highest BCUT2D eigenvalue weighted by atomic mass is 16.2. The van der Waals surface area contributed by atoms with Crippen molar-refractivity contribution >= 4 is 17.1 Å². The Balaban J connectivity index is 2.44. The molecule has 0 aliphatic heterocycles. The average Bonchev–Trinajstić information content (AvgIpc) is 2.40. The van der Waals surface area contributed by atoms with Gasteiger partial charge in [-0.25, -0.2) is 0 Å². The first-order valence-electron chi connectivity index (χ1n) is 6.23. The molecule has 0 aliphatic rings. The van der Waals surface area contributed by atoms with Gasteiger partial charge in [0.2, 0.25) is 0 Å². The van der Waals surface area contributed by atoms with Crippen molar-refractivity contribution in [1.29, 1.82) is 0 Å². The Morgan fingerprint density at radius 3 is 2.05 bits per heavy atom. The fraction of sp³-hybridized carbons (Fsp3) is 0.200. The van der Waals surface area contributed by atoms with Crippen LogP contribution in [0.4, 0.5) is 17.1 Å². The lowest BCUT2D eigenvalue weighted by molar-refractivity contribution is 0.299. The highest BCUT2D eigenvalue weighted by molar-refractivity contribution is 5.64. The molecule has 0 aliphatic carbocycles. The molecule has 0 saturated carbocycles. The Bertz CT molecular complexity index is 582. The molecule has 0 bridgehead atoms. The third-order valence-electron chi connectivity index (χ3n) is 3.29. The predicted molar refractivity (Wildman–Crippen MR) is 79.7 cm³/mol. The number of benzene rings is 2. The van der Waals surface area contributed by atoms with Crippen LogP contribution in [0.2, 0.25) is 0 Å². The zero-order valence-electron chi connectivity index (χ0n) is 10.8. The first-order chi connectivity index (χ1) is 9.13. The number of anilines is 3. The minimum atomic E-state index is 0.0466. The fourth-order valence-corrected chi connectivity index (χ4v) is 2.23. The zero-order valence-corrected chi connectivity index (χ0v) is 10.8. The van der Waals surface area contributed by atoms with Crippen molar-refractivity contribution in [2.45, 2.75) is 12.8 Å². The molecule has 100 valence electrons. The van der Waals surface area contributed by atoms with Crippen LogP contribution in [-0.2, 0) is 12.8 Å². The monoisotopic (exact) mass is 257 g/mol. The van der Waals surface area contributed by atoms with Crippen LogP contribution in [0.1, 0.15) is 16.7 Å². The van der Waals surface area contributed by atoms with Gasteiger partial charge in [0.25, 0.3) is 0 Å². The zero-order chi connectivity index (χ0) is 13.8. The van der Waals surface area contributed by atoms with Crippen molar-refractivity contribution in [3.8, 4) is 0 Å². The van der Waals surface area contributed by atoms with Crippen LogP contribution in [0, 0.1) is 0 Å². The second kappa shape index (κ2) is 5.63. The van der Waals surface area contributed by atoms with Crippen molar-refractivity contribution in [3.05, 3.63) is 53.1 Å². The molecule has 0 unspecified atom stereocenters. The summed E-state index contributed by atoms with van der Waals surface area (Å²) in [7, 11) is 0. The van der Waals surface area contributed by atoms with Crippen molar-refractivity contribution in [3.63, 3.8) is 0 Å². The summed E-state index contributed by atoms with van der Waals surface area (Å²) in [6.07, 6.45) is 1.12. The smallest absolute Gasteiger partial charge is 0.0472 e. The third-order valence-corrected chi connectivity index (χ3v) is 3.29. The maximum Gasteiger partial charge on any atom is 0.0472 e. The summed E-state index contributed by atoms with van der Waals surface area (Å²) in [5, 5.41) is 9.16. The van der Waals surface area contributed by atoms with E-state index >= 15 is 0 Å². The van der Waals surface area contributed by atoms with Crippen LogP contribution in [0.25, 0.3) is 0 Å². The molecular formula is C15H19N3O. The molecule has 2 aromatic carbocycles. The first-order valence-corrected chi connectivity index (χ1v) is 6.23. The Morgan fingerprint density at radius 1 is 0.789 bits per heavy atom. The van der Waals surface area contributed by atoms with Gasteiger partial charge in [0, 0.05) is 30.1 Å². The quantitative estimate of drug-likeness (QED) is 0.625. The third kappa shape index (κ3) is 2.80. The lowest BCUT2D eigenvalue weighted by Crippen LogP contribution is -2.07. The van der Waals surface area contributed by atoms with Gasteiger partial charge in [0.1, 0.15) is 0 Å². The topological polar surface area (TPSA) is 98.3 Å². The molecule has 0 aromatic heterocycles. The van der Waals surface area contributed by atoms with E-state index in [1.165, 1.54) is 0 Å². The van der Waals surface area contributed by atoms with Gasteiger partial charge >= 0.3 is 0 Å². The highest BCUT2D eigenvalue weighted by Crippen LogP contribution is 2.28. The highest BCUT2D eigenvalue weighted by Gasteiger charge is 2.11. The number of aliphatic hydroxyl groups excluding tert-OH is 1. The molecule has 2 rings (SSSR count). The molecule has 0 spiro atoms. The molecule has 0 amide bonds. The van der Waals surface area contributed by atoms with Gasteiger partial charge in [-0.3, -0.25) is 0 Å². The second-order valence-corrected chi connectivity index (χ2v) is 4.55. The number of nitrogens with two attached hydrogens (primary N) is 3. The summed E-state index contributed by atoms with van der Waals surface area (Å²) in [6, 6.07) is 11.3. The van der Waals surface area contributed by atoms with E-state index in [0.717, 1.165) is 22.4 Å². The molecule has 4 nitrogen and oxygen atoms in total. The summed E-state index contributed by atoms with van der Waals surface area (Å²) >= 11 is 0. The summed E-state index contributed by atoms with van der Waals surface area (Å²) < 4.78 is 0. The van der Waals surface area contributed by atoms with Crippen LogP contribution < -0.4 is 17.2 Å². The SMILES string of the molecule is Nc1ccccc1Cc1c(N)ccc(N)c1CCO. The number of para-hydroxylation sites is 1. The van der Waals surface area contributed by atoms with Crippen LogP contribution in [-0.4, -0.2) is 11.7 Å². The number of rotatable bonds is 4. The normalized spacial score (nSPS) is 10.6. The molecule has 0 heterocycles. The molecule has 4 heteroatoms. The number of hydrogen-bond acceptors (Lipinski definition) is 4. The predicted octanol–water partition coefficient (Wildman–Crippen LogP) is 1.56. The summed E-state index contributed by atoms with van der Waals surface area (Å²) in [4.78, 5) is 0. The van der Waals surface area contributed by atoms with Crippen molar-refractivity contribution in [2.24, 2.45) is 0 Å². The minimum absolute atomic E-state index is 0.0466. The molecule has 2 aromatic rings. The van der Waals surface area contributed by atoms with Gasteiger partial charge in [-0.2, -0.15) is 0 Å². The minimum Gasteiger partial charge on any atom is -0.398 e. The maximum absolute atomic E-state index is 9.16. The van der Waals surface area contributed by atoms with Crippen molar-refractivity contribution in [2.75, 3.05) is 23.8 Å². The van der Waals surface area contributed by atoms with E-state index in [0.29, 0.717) is 24.2 Å². The van der Waals surface area contributed by atoms with Gasteiger partial charge in [0.15, 0.2) is 0 Å². The fourth-order valence-electron chi connectivity index (χ4n) is 2.23. The van der Waals surface area contributed by atoms with Gasteiger partial charge in [-0.1, -0.05) is 18.2 Å². The molecule has 7 N–H and O–H groups in total. The van der Waals surface area contributed by atoms with Crippen LogP contribution >= 0.6 is 0 Å². The largest absolute Gasteiger partial charge is 0.398 e. The van der Waals surface area contributed by atoms with Crippen molar-refractivity contribution in [1.82, 2.24) is 0 Å². The summed E-state index contributed by atoms with van der Waals surface area (Å²) in [6.45, 7) is 0.0466. The molecule has 0 atom stereocenters. The summed E-state index contributed by atoms with van der Waals surface area (Å²) in [5.74, 6) is 0. The number of hydrogen-bond donors (Lipinski definition) is 4. The lowest BCUT2D eigenvalue weighted by Gasteiger charge is -2.15. The lowest BCUT2D eigenvalue weighted by atomic mass is 9.94. The number of nitrogen functional groups attached to an aromatic ring is 3. The Labute approximate surface area is 112 Å². The van der Waals surface area contributed by atoms with E-state index in [1.807, 2.05) is 24.3 Å². The Morgan fingerprint density at radius 2 is 1.42 bits per heavy atom. The number of aliphatic hydroxyl groups is 1. The van der Waals surface area contributed by atoms with E-state index in [9.17, 15) is 0 Å². The van der Waals surface area contributed by atoms with Gasteiger partial charge in [-0.05, 0) is 41.3 Å². The van der Waals surface area contributed by atoms with E-state index in [2.05, 4.69) is 0 Å². The average molecular weight is 257 g/mol. The van der Waals surface area contributed by atoms with Crippen LogP contribution in [0.15, 0.2) is 36.4 Å². The van der Waals surface area contributed by atoms with Gasteiger partial charge in [-0.15, -0.1) is 0 Å². The van der Waals surface area contributed by atoms with E-state index in [1.54, 1.807) is 12.1 Å². The Kier molecular flexibility index (Phi) is 3.92. The van der Waals surface area contributed by atoms with E-state index in [4.69, 9.17) is 22.3 Å². The molecule has 0 saturated heterocycles. The van der Waals surface area contributed by atoms with Gasteiger partial charge < -0.3 is 22.3 Å². The maximum atomic E-state index is 9.16. The molecule has 0 fully saturated rings. The van der Waals surface area contributed by atoms with E-state index in [-0.39, 0.29) is 6.61 Å². The summed E-state index contributed by atoms with van der Waals surface area (Å²) in [5.41, 5.74) is 22.9. The van der Waals surface area contributed by atoms with Gasteiger partial charge in [0.05, 0.1) is 0 Å². The molecule has 0 radical (unpaired) electrons. The van der Waals surface area contributed by atoms with E-state index < -0.39 is 0 Å². The Hall–Kier alpha value is -2.20. The van der Waals surface area contributed by atoms with Crippen LogP contribution in [0.5, 0.6) is 0 Å². The standard InChI is InChI=1S/C15H19N3O/c16-13-4-2-1-3-10(13)9-12-11(7-8-19)14(17)5-6-15(12)18/h1-6,19H,7-9,16-18H2.